The van der Waals surface area contributed by atoms with Gasteiger partial charge in [0.25, 0.3) is 5.91 Å². The van der Waals surface area contributed by atoms with E-state index >= 15 is 0 Å². The summed E-state index contributed by atoms with van der Waals surface area (Å²) in [5, 5.41) is 0.740. The molecule has 0 aliphatic carbocycles. The highest BCUT2D eigenvalue weighted by Gasteiger charge is 2.30. The molecule has 1 aliphatic rings. The molecule has 0 unspecified atom stereocenters. The molecule has 0 atom stereocenters. The van der Waals surface area contributed by atoms with Crippen LogP contribution in [0.1, 0.15) is 22.5 Å². The van der Waals surface area contributed by atoms with E-state index in [1.807, 2.05) is 12.1 Å². The van der Waals surface area contributed by atoms with Gasteiger partial charge in [0.2, 0.25) is 0 Å². The molecule has 2 heterocycles. The van der Waals surface area contributed by atoms with Gasteiger partial charge >= 0.3 is 0 Å². The molecule has 0 saturated carbocycles. The molecular weight excluding hydrogens is 318 g/mol. The number of hydrogen-bond donors (Lipinski definition) is 0. The average Bonchev–Trinajstić information content (AvgIpc) is 3.01. The molecule has 124 valence electrons. The Hall–Kier alpha value is -2.27. The molecule has 24 heavy (non-hydrogen) atoms. The number of aliphatic imine (C=N–C) groups is 1. The van der Waals surface area contributed by atoms with Crippen molar-refractivity contribution in [2.24, 2.45) is 4.99 Å². The molecule has 1 saturated heterocycles. The van der Waals surface area contributed by atoms with Crippen molar-refractivity contribution in [2.45, 2.75) is 20.4 Å². The van der Waals surface area contributed by atoms with Crippen LogP contribution in [0.15, 0.2) is 46.3 Å². The van der Waals surface area contributed by atoms with Gasteiger partial charge < -0.3 is 4.57 Å². The minimum absolute atomic E-state index is 0.00784. The van der Waals surface area contributed by atoms with Crippen molar-refractivity contribution in [1.29, 1.82) is 0 Å². The third-order valence-electron chi connectivity index (χ3n) is 4.28. The minimum atomic E-state index is 0.00784. The van der Waals surface area contributed by atoms with Crippen LogP contribution >= 0.6 is 11.8 Å². The predicted octanol–water partition coefficient (Wildman–Crippen LogP) is 3.69. The van der Waals surface area contributed by atoms with E-state index in [1.165, 1.54) is 28.7 Å². The highest BCUT2D eigenvalue weighted by atomic mass is 32.2. The van der Waals surface area contributed by atoms with Crippen LogP contribution in [-0.2, 0) is 11.3 Å². The Kier molecular flexibility index (Phi) is 4.62. The maximum absolute atomic E-state index is 12.3. The van der Waals surface area contributed by atoms with Crippen molar-refractivity contribution in [3.63, 3.8) is 0 Å². The molecule has 4 nitrogen and oxygen atoms in total. The number of aromatic nitrogens is 1. The van der Waals surface area contributed by atoms with Gasteiger partial charge in [-0.3, -0.25) is 14.7 Å². The van der Waals surface area contributed by atoms with Gasteiger partial charge in [-0.1, -0.05) is 30.3 Å². The lowest BCUT2D eigenvalue weighted by molar-refractivity contribution is -0.121. The second kappa shape index (κ2) is 6.69. The molecule has 5 heteroatoms. The van der Waals surface area contributed by atoms with Gasteiger partial charge in [-0.05, 0) is 48.9 Å². The van der Waals surface area contributed by atoms with Crippen LogP contribution in [0, 0.1) is 13.8 Å². The van der Waals surface area contributed by atoms with Crippen molar-refractivity contribution >= 4 is 28.9 Å². The molecule has 1 aliphatic heterocycles. The van der Waals surface area contributed by atoms with Crippen LogP contribution in [0.5, 0.6) is 0 Å². The second-order valence-corrected chi connectivity index (χ2v) is 6.89. The molecule has 1 aromatic heterocycles. The summed E-state index contributed by atoms with van der Waals surface area (Å²) in [5.74, 6) is 0.00784. The second-order valence-electron chi connectivity index (χ2n) is 5.88. The fourth-order valence-electron chi connectivity index (χ4n) is 2.87. The molecule has 0 N–H and O–H groups in total. The summed E-state index contributed by atoms with van der Waals surface area (Å²) in [5.41, 5.74) is 4.72. The number of aryl methyl sites for hydroxylation is 1. The average molecular weight is 339 g/mol. The molecule has 0 radical (unpaired) electrons. The summed E-state index contributed by atoms with van der Waals surface area (Å²) in [6, 6.07) is 12.5. The lowest BCUT2D eigenvalue weighted by Gasteiger charge is -2.09. The fourth-order valence-corrected chi connectivity index (χ4v) is 3.79. The molecule has 0 bridgehead atoms. The lowest BCUT2D eigenvalue weighted by atomic mass is 10.2. The molecular formula is C19H21N3OS. The Morgan fingerprint density at radius 1 is 1.21 bits per heavy atom. The van der Waals surface area contributed by atoms with E-state index in [1.54, 1.807) is 19.0 Å². The Bertz CT molecular complexity index is 834. The van der Waals surface area contributed by atoms with Crippen LogP contribution < -0.4 is 0 Å². The quantitative estimate of drug-likeness (QED) is 0.800. The smallest absolute Gasteiger partial charge is 0.266 e. The number of amides is 1. The van der Waals surface area contributed by atoms with Crippen LogP contribution in [0.4, 0.5) is 0 Å². The zero-order chi connectivity index (χ0) is 17.3. The van der Waals surface area contributed by atoms with Gasteiger partial charge in [-0.25, -0.2) is 0 Å². The number of carbonyl (C=O) groups excluding carboxylic acids is 1. The summed E-state index contributed by atoms with van der Waals surface area (Å²) in [4.78, 5) is 18.8. The predicted molar refractivity (Wildman–Crippen MR) is 101 cm³/mol. The number of thioether (sulfide) groups is 1. The van der Waals surface area contributed by atoms with Crippen molar-refractivity contribution in [2.75, 3.05) is 14.1 Å². The zero-order valence-electron chi connectivity index (χ0n) is 14.4. The Labute approximate surface area is 146 Å². The van der Waals surface area contributed by atoms with Gasteiger partial charge in [-0.15, -0.1) is 0 Å². The molecule has 2 aromatic rings. The Morgan fingerprint density at radius 3 is 2.54 bits per heavy atom. The van der Waals surface area contributed by atoms with E-state index in [0.29, 0.717) is 0 Å². The Morgan fingerprint density at radius 2 is 1.92 bits per heavy atom. The standard InChI is InChI=1S/C19H21N3OS/c1-13-10-16(11-17-18(23)21(4)19(20-3)24-17)14(2)22(13)12-15-8-6-5-7-9-15/h5-11H,12H2,1-4H3. The first-order valence-corrected chi connectivity index (χ1v) is 8.68. The topological polar surface area (TPSA) is 37.6 Å². The lowest BCUT2D eigenvalue weighted by Crippen LogP contribution is -2.23. The van der Waals surface area contributed by atoms with Gasteiger partial charge in [0.15, 0.2) is 5.17 Å². The molecule has 1 fully saturated rings. The monoisotopic (exact) mass is 339 g/mol. The first kappa shape index (κ1) is 16.6. The molecule has 0 spiro atoms. The van der Waals surface area contributed by atoms with Crippen molar-refractivity contribution < 1.29 is 4.79 Å². The number of benzene rings is 1. The van der Waals surface area contributed by atoms with E-state index in [2.05, 4.69) is 53.7 Å². The van der Waals surface area contributed by atoms with Crippen LogP contribution in [0.3, 0.4) is 0 Å². The third kappa shape index (κ3) is 3.04. The first-order valence-electron chi connectivity index (χ1n) is 7.86. The van der Waals surface area contributed by atoms with Crippen molar-refractivity contribution in [1.82, 2.24) is 9.47 Å². The normalized spacial score (nSPS) is 18.2. The van der Waals surface area contributed by atoms with Gasteiger partial charge in [0, 0.05) is 32.0 Å². The van der Waals surface area contributed by atoms with E-state index in [0.717, 1.165) is 22.2 Å². The third-order valence-corrected chi connectivity index (χ3v) is 5.43. The number of hydrogen-bond acceptors (Lipinski definition) is 3. The SMILES string of the molecule is CN=C1SC(=Cc2cc(C)n(Cc3ccccc3)c2C)C(=O)N1C. The van der Waals surface area contributed by atoms with Crippen molar-refractivity contribution in [3.8, 4) is 0 Å². The molecule has 3 rings (SSSR count). The number of carbonyl (C=O) groups is 1. The van der Waals surface area contributed by atoms with E-state index in [-0.39, 0.29) is 5.91 Å². The van der Waals surface area contributed by atoms with Crippen LogP contribution in [0.25, 0.3) is 6.08 Å². The van der Waals surface area contributed by atoms with Gasteiger partial charge in [0.1, 0.15) is 0 Å². The van der Waals surface area contributed by atoms with E-state index in [4.69, 9.17) is 0 Å². The summed E-state index contributed by atoms with van der Waals surface area (Å²) >= 11 is 1.43. The van der Waals surface area contributed by atoms with E-state index < -0.39 is 0 Å². The number of nitrogens with zero attached hydrogens (tertiary/aromatic N) is 3. The number of likely N-dealkylation sites (N-methyl/N-ethyl adjacent to an activating group) is 1. The van der Waals surface area contributed by atoms with Crippen molar-refractivity contribution in [3.05, 3.63) is 63.8 Å². The maximum Gasteiger partial charge on any atom is 0.266 e. The van der Waals surface area contributed by atoms with E-state index in [9.17, 15) is 4.79 Å². The summed E-state index contributed by atoms with van der Waals surface area (Å²) in [6.45, 7) is 5.04. The highest BCUT2D eigenvalue weighted by Crippen LogP contribution is 2.32. The minimum Gasteiger partial charge on any atom is -0.344 e. The van der Waals surface area contributed by atoms with Crippen LogP contribution in [-0.4, -0.2) is 34.6 Å². The summed E-state index contributed by atoms with van der Waals surface area (Å²) in [6.07, 6.45) is 1.98. The van der Waals surface area contributed by atoms with Crippen LogP contribution in [0.2, 0.25) is 0 Å². The summed E-state index contributed by atoms with van der Waals surface area (Å²) in [7, 11) is 3.47. The number of amidine groups is 1. The molecule has 1 amide bonds. The summed E-state index contributed by atoms with van der Waals surface area (Å²) < 4.78 is 2.28. The van der Waals surface area contributed by atoms with Gasteiger partial charge in [-0.2, -0.15) is 0 Å². The maximum atomic E-state index is 12.3. The largest absolute Gasteiger partial charge is 0.344 e. The fraction of sp³-hybridized carbons (Fsp3) is 0.263. The Balaban J connectivity index is 1.92. The molecule has 1 aromatic carbocycles. The van der Waals surface area contributed by atoms with Gasteiger partial charge in [0.05, 0.1) is 4.91 Å². The zero-order valence-corrected chi connectivity index (χ0v) is 15.2. The first-order chi connectivity index (χ1) is 11.5. The number of rotatable bonds is 3. The highest BCUT2D eigenvalue weighted by molar-refractivity contribution is 8.18.